The van der Waals surface area contributed by atoms with Crippen LogP contribution in [0.3, 0.4) is 0 Å². The maximum Gasteiger partial charge on any atom is 1.00 e. The third-order valence-corrected chi connectivity index (χ3v) is 5.29. The molecule has 0 rings (SSSR count). The molecule has 0 aliphatic carbocycles. The van der Waals surface area contributed by atoms with Gasteiger partial charge in [-0.15, -0.1) is 0 Å². The summed E-state index contributed by atoms with van der Waals surface area (Å²) >= 11 is 0. The molecule has 0 atom stereocenters. The first-order valence-corrected chi connectivity index (χ1v) is 11.6. The minimum Gasteiger partial charge on any atom is -0.748 e. The third kappa shape index (κ3) is 24.8. The smallest absolute Gasteiger partial charge is 0.748 e. The first-order valence-electron chi connectivity index (χ1n) is 10.00. The SMILES string of the molecule is CCCCCCCCCCCCCCCCCCCS(=O)(=O)[O-].[Li+]. The molecule has 24 heavy (non-hydrogen) atoms. The first kappa shape index (κ1) is 26.7. The normalized spacial score (nSPS) is 11.4. The van der Waals surface area contributed by atoms with Gasteiger partial charge in [0.25, 0.3) is 0 Å². The molecule has 0 aromatic rings. The zero-order valence-corrected chi connectivity index (χ0v) is 17.2. The van der Waals surface area contributed by atoms with Gasteiger partial charge in [-0.3, -0.25) is 0 Å². The van der Waals surface area contributed by atoms with Crippen molar-refractivity contribution in [3.05, 3.63) is 0 Å². The molecule has 5 heteroatoms. The van der Waals surface area contributed by atoms with Gasteiger partial charge in [0.2, 0.25) is 0 Å². The van der Waals surface area contributed by atoms with E-state index in [1.807, 2.05) is 0 Å². The Labute approximate surface area is 163 Å². The summed E-state index contributed by atoms with van der Waals surface area (Å²) in [5.41, 5.74) is 0. The molecule has 0 fully saturated rings. The maximum absolute atomic E-state index is 10.4. The van der Waals surface area contributed by atoms with E-state index in [1.54, 1.807) is 0 Å². The predicted octanol–water partition coefficient (Wildman–Crippen LogP) is 3.19. The van der Waals surface area contributed by atoms with Gasteiger partial charge in [-0.05, 0) is 6.42 Å². The van der Waals surface area contributed by atoms with Crippen molar-refractivity contribution in [3.63, 3.8) is 0 Å². The second-order valence-corrected chi connectivity index (χ2v) is 8.44. The topological polar surface area (TPSA) is 57.2 Å². The van der Waals surface area contributed by atoms with Gasteiger partial charge in [0.15, 0.2) is 0 Å². The van der Waals surface area contributed by atoms with Crippen molar-refractivity contribution < 1.29 is 31.8 Å². The second kappa shape index (κ2) is 19.8. The summed E-state index contributed by atoms with van der Waals surface area (Å²) in [7, 11) is -3.99. The van der Waals surface area contributed by atoms with Crippen molar-refractivity contribution in [2.75, 3.05) is 5.75 Å². The van der Waals surface area contributed by atoms with Crippen LogP contribution in [0, 0.1) is 0 Å². The molecule has 3 nitrogen and oxygen atoms in total. The number of rotatable bonds is 18. The van der Waals surface area contributed by atoms with Gasteiger partial charge in [-0.25, -0.2) is 8.42 Å². The Kier molecular flexibility index (Phi) is 22.1. The maximum atomic E-state index is 10.4. The van der Waals surface area contributed by atoms with Crippen molar-refractivity contribution in [2.24, 2.45) is 0 Å². The largest absolute Gasteiger partial charge is 1.00 e. The molecule has 0 aliphatic rings. The van der Waals surface area contributed by atoms with Crippen LogP contribution in [0.1, 0.15) is 116 Å². The van der Waals surface area contributed by atoms with Gasteiger partial charge >= 0.3 is 18.9 Å². The third-order valence-electron chi connectivity index (χ3n) is 4.50. The molecule has 0 aliphatic heterocycles. The number of unbranched alkanes of at least 4 members (excludes halogenated alkanes) is 16. The van der Waals surface area contributed by atoms with Crippen LogP contribution >= 0.6 is 0 Å². The molecule has 0 spiro atoms. The summed E-state index contributed by atoms with van der Waals surface area (Å²) in [5, 5.41) is 0. The fraction of sp³-hybridized carbons (Fsp3) is 1.00. The Morgan fingerprint density at radius 1 is 0.542 bits per heavy atom. The molecular weight excluding hydrogens is 315 g/mol. The van der Waals surface area contributed by atoms with E-state index in [1.165, 1.54) is 89.9 Å². The predicted molar refractivity (Wildman–Crippen MR) is 98.7 cm³/mol. The van der Waals surface area contributed by atoms with Crippen LogP contribution in [0.15, 0.2) is 0 Å². The van der Waals surface area contributed by atoms with E-state index in [0.717, 1.165) is 12.8 Å². The van der Waals surface area contributed by atoms with Crippen LogP contribution in [-0.2, 0) is 10.1 Å². The molecule has 0 aromatic carbocycles. The van der Waals surface area contributed by atoms with Gasteiger partial charge in [0.1, 0.15) is 0 Å². The fourth-order valence-corrected chi connectivity index (χ4v) is 3.56. The Balaban J connectivity index is 0. The van der Waals surface area contributed by atoms with Gasteiger partial charge in [-0.1, -0.05) is 110 Å². The van der Waals surface area contributed by atoms with Crippen LogP contribution in [-0.4, -0.2) is 18.7 Å². The first-order chi connectivity index (χ1) is 11.1. The van der Waals surface area contributed by atoms with E-state index in [-0.39, 0.29) is 24.6 Å². The zero-order chi connectivity index (χ0) is 17.2. The Morgan fingerprint density at radius 2 is 0.792 bits per heavy atom. The molecular formula is C19H39LiO3S. The molecule has 0 bridgehead atoms. The molecule has 0 saturated heterocycles. The molecule has 0 aromatic heterocycles. The summed E-state index contributed by atoms with van der Waals surface area (Å²) in [6, 6.07) is 0. The van der Waals surface area contributed by atoms with E-state index < -0.39 is 10.1 Å². The Morgan fingerprint density at radius 3 is 1.04 bits per heavy atom. The molecule has 0 saturated carbocycles. The number of hydrogen-bond donors (Lipinski definition) is 0. The van der Waals surface area contributed by atoms with Crippen LogP contribution in [0.25, 0.3) is 0 Å². The average Bonchev–Trinajstić information content (AvgIpc) is 2.49. The minimum atomic E-state index is -3.99. The number of hydrogen-bond acceptors (Lipinski definition) is 3. The van der Waals surface area contributed by atoms with Crippen LogP contribution in [0.4, 0.5) is 0 Å². The molecule has 0 N–H and O–H groups in total. The minimum absolute atomic E-state index is 0. The van der Waals surface area contributed by atoms with Gasteiger partial charge in [0.05, 0.1) is 10.1 Å². The van der Waals surface area contributed by atoms with Gasteiger partial charge in [0, 0.05) is 5.75 Å². The summed E-state index contributed by atoms with van der Waals surface area (Å²) in [5.74, 6) is -0.189. The zero-order valence-electron chi connectivity index (χ0n) is 16.4. The summed E-state index contributed by atoms with van der Waals surface area (Å²) < 4.78 is 31.3. The molecule has 0 radical (unpaired) electrons. The van der Waals surface area contributed by atoms with Crippen LogP contribution < -0.4 is 18.9 Å². The van der Waals surface area contributed by atoms with Crippen molar-refractivity contribution in [3.8, 4) is 0 Å². The molecule has 0 unspecified atom stereocenters. The van der Waals surface area contributed by atoms with E-state index in [2.05, 4.69) is 6.92 Å². The fourth-order valence-electron chi connectivity index (χ4n) is 3.00. The van der Waals surface area contributed by atoms with Gasteiger partial charge in [-0.2, -0.15) is 0 Å². The molecule has 140 valence electrons. The average molecular weight is 355 g/mol. The van der Waals surface area contributed by atoms with Crippen molar-refractivity contribution in [1.82, 2.24) is 0 Å². The second-order valence-electron chi connectivity index (χ2n) is 6.92. The van der Waals surface area contributed by atoms with Crippen molar-refractivity contribution in [1.29, 1.82) is 0 Å². The summed E-state index contributed by atoms with van der Waals surface area (Å²) in [6.45, 7) is 2.27. The van der Waals surface area contributed by atoms with E-state index in [0.29, 0.717) is 6.42 Å². The quantitative estimate of drug-likeness (QED) is 0.216. The van der Waals surface area contributed by atoms with E-state index in [4.69, 9.17) is 0 Å². The molecule has 0 heterocycles. The summed E-state index contributed by atoms with van der Waals surface area (Å²) in [4.78, 5) is 0. The Bertz CT molecular complexity index is 332. The van der Waals surface area contributed by atoms with Crippen LogP contribution in [0.2, 0.25) is 0 Å². The Hall–Kier alpha value is 0.507. The summed E-state index contributed by atoms with van der Waals surface area (Å²) in [6.07, 6.45) is 21.5. The van der Waals surface area contributed by atoms with Crippen LogP contribution in [0.5, 0.6) is 0 Å². The van der Waals surface area contributed by atoms with E-state index >= 15 is 0 Å². The molecule has 0 amide bonds. The standard InChI is InChI=1S/C19H40O3S.Li/c1-2-3-4-5-6-7-8-9-10-11-12-13-14-15-16-17-18-19-23(20,21)22;/h2-19H2,1H3,(H,20,21,22);/q;+1/p-1. The van der Waals surface area contributed by atoms with Crippen molar-refractivity contribution >= 4 is 10.1 Å². The monoisotopic (exact) mass is 354 g/mol. The van der Waals surface area contributed by atoms with Gasteiger partial charge < -0.3 is 4.55 Å². The van der Waals surface area contributed by atoms with E-state index in [9.17, 15) is 13.0 Å². The van der Waals surface area contributed by atoms with Crippen molar-refractivity contribution in [2.45, 2.75) is 116 Å².